The van der Waals surface area contributed by atoms with Gasteiger partial charge in [0.2, 0.25) is 11.8 Å². The lowest BCUT2D eigenvalue weighted by Crippen LogP contribution is -2.39. The van der Waals surface area contributed by atoms with Crippen molar-refractivity contribution in [2.75, 3.05) is 24.9 Å². The molecule has 0 radical (unpaired) electrons. The van der Waals surface area contributed by atoms with Gasteiger partial charge in [0.15, 0.2) is 0 Å². The minimum atomic E-state index is -0.396. The number of nitrogens with one attached hydrogen (secondary N) is 4. The summed E-state index contributed by atoms with van der Waals surface area (Å²) in [6.07, 6.45) is 0.568. The van der Waals surface area contributed by atoms with Crippen molar-refractivity contribution in [2.45, 2.75) is 25.4 Å². The van der Waals surface area contributed by atoms with Crippen LogP contribution in [0, 0.1) is 0 Å². The van der Waals surface area contributed by atoms with Gasteiger partial charge in [0, 0.05) is 29.9 Å². The third-order valence-corrected chi connectivity index (χ3v) is 4.51. The zero-order valence-corrected chi connectivity index (χ0v) is 16.0. The molecular formula is C20H24N4O4. The number of ether oxygens (including phenoxy) is 2. The van der Waals surface area contributed by atoms with Crippen LogP contribution in [0.5, 0.6) is 11.5 Å². The van der Waals surface area contributed by atoms with Crippen molar-refractivity contribution < 1.29 is 19.1 Å². The molecule has 8 nitrogen and oxygen atoms in total. The van der Waals surface area contributed by atoms with Crippen molar-refractivity contribution >= 4 is 23.2 Å². The highest BCUT2D eigenvalue weighted by molar-refractivity contribution is 5.95. The second-order valence-electron chi connectivity index (χ2n) is 6.49. The summed E-state index contributed by atoms with van der Waals surface area (Å²) in [5, 5.41) is 5.57. The number of hydrogen-bond acceptors (Lipinski definition) is 6. The summed E-state index contributed by atoms with van der Waals surface area (Å²) < 4.78 is 10.7. The average molecular weight is 384 g/mol. The van der Waals surface area contributed by atoms with Crippen LogP contribution >= 0.6 is 0 Å². The number of anilines is 2. The summed E-state index contributed by atoms with van der Waals surface area (Å²) >= 11 is 0. The number of hydrogen-bond donors (Lipinski definition) is 4. The predicted molar refractivity (Wildman–Crippen MR) is 106 cm³/mol. The molecule has 2 unspecified atom stereocenters. The van der Waals surface area contributed by atoms with Crippen LogP contribution in [0.1, 0.15) is 24.9 Å². The molecular weight excluding hydrogens is 360 g/mol. The van der Waals surface area contributed by atoms with Crippen molar-refractivity contribution in [1.29, 1.82) is 0 Å². The van der Waals surface area contributed by atoms with E-state index in [2.05, 4.69) is 21.5 Å². The Morgan fingerprint density at radius 2 is 1.64 bits per heavy atom. The molecule has 2 aromatic rings. The standard InChI is InChI=1S/C20H24N4O4/c1-12(25)21-13-4-6-14(7-5-13)22-20(26)18-11-17(23-24-18)16-9-8-15(27-2)10-19(16)28-3/h4-10,17-18,23-24H,11H2,1-3H3,(H,21,25)(H,22,26). The maximum absolute atomic E-state index is 12.6. The number of carbonyl (C=O) groups excluding carboxylic acids is 2. The van der Waals surface area contributed by atoms with Gasteiger partial charge in [-0.15, -0.1) is 0 Å². The third-order valence-electron chi connectivity index (χ3n) is 4.51. The van der Waals surface area contributed by atoms with Crippen LogP contribution in [0.25, 0.3) is 0 Å². The summed E-state index contributed by atoms with van der Waals surface area (Å²) in [5.41, 5.74) is 8.48. The van der Waals surface area contributed by atoms with Crippen molar-refractivity contribution in [3.63, 3.8) is 0 Å². The summed E-state index contributed by atoms with van der Waals surface area (Å²) in [7, 11) is 3.21. The van der Waals surface area contributed by atoms with Gasteiger partial charge in [-0.05, 0) is 36.8 Å². The molecule has 0 spiro atoms. The fourth-order valence-corrected chi connectivity index (χ4v) is 3.11. The molecule has 2 amide bonds. The Morgan fingerprint density at radius 1 is 0.964 bits per heavy atom. The van der Waals surface area contributed by atoms with E-state index in [9.17, 15) is 9.59 Å². The molecule has 0 saturated carbocycles. The van der Waals surface area contributed by atoms with Gasteiger partial charge < -0.3 is 20.1 Å². The lowest BCUT2D eigenvalue weighted by Gasteiger charge is -2.15. The molecule has 1 aliphatic heterocycles. The number of hydrazine groups is 1. The summed E-state index contributed by atoms with van der Waals surface area (Å²) in [6.45, 7) is 1.45. The largest absolute Gasteiger partial charge is 0.497 e. The van der Waals surface area contributed by atoms with E-state index in [-0.39, 0.29) is 17.9 Å². The molecule has 1 fully saturated rings. The van der Waals surface area contributed by atoms with Crippen molar-refractivity contribution in [3.05, 3.63) is 48.0 Å². The predicted octanol–water partition coefficient (Wildman–Crippen LogP) is 2.21. The van der Waals surface area contributed by atoms with Crippen molar-refractivity contribution in [3.8, 4) is 11.5 Å². The van der Waals surface area contributed by atoms with Gasteiger partial charge in [-0.3, -0.25) is 9.59 Å². The van der Waals surface area contributed by atoms with Crippen LogP contribution < -0.4 is 31.0 Å². The Kier molecular flexibility index (Phi) is 6.13. The molecule has 2 aromatic carbocycles. The molecule has 8 heteroatoms. The minimum Gasteiger partial charge on any atom is -0.497 e. The normalized spacial score (nSPS) is 18.4. The Bertz CT molecular complexity index is 854. The molecule has 1 aliphatic rings. The van der Waals surface area contributed by atoms with E-state index in [1.54, 1.807) is 38.5 Å². The van der Waals surface area contributed by atoms with E-state index >= 15 is 0 Å². The maximum Gasteiger partial charge on any atom is 0.242 e. The van der Waals surface area contributed by atoms with Crippen LogP contribution in [0.3, 0.4) is 0 Å². The van der Waals surface area contributed by atoms with E-state index in [1.807, 2.05) is 18.2 Å². The number of carbonyl (C=O) groups is 2. The highest BCUT2D eigenvalue weighted by atomic mass is 16.5. The molecule has 3 rings (SSSR count). The first-order valence-corrected chi connectivity index (χ1v) is 8.91. The molecule has 2 atom stereocenters. The van der Waals surface area contributed by atoms with E-state index < -0.39 is 6.04 Å². The summed E-state index contributed by atoms with van der Waals surface area (Å²) in [6, 6.07) is 12.1. The molecule has 28 heavy (non-hydrogen) atoms. The SMILES string of the molecule is COc1ccc(C2CC(C(=O)Nc3ccc(NC(C)=O)cc3)NN2)c(OC)c1. The number of benzene rings is 2. The van der Waals surface area contributed by atoms with Gasteiger partial charge in [-0.1, -0.05) is 6.07 Å². The van der Waals surface area contributed by atoms with Gasteiger partial charge in [-0.25, -0.2) is 10.9 Å². The summed E-state index contributed by atoms with van der Waals surface area (Å²) in [4.78, 5) is 23.6. The Hall–Kier alpha value is -3.10. The summed E-state index contributed by atoms with van der Waals surface area (Å²) in [5.74, 6) is 1.13. The van der Waals surface area contributed by atoms with E-state index in [0.29, 0.717) is 29.3 Å². The Labute approximate surface area is 163 Å². The fraction of sp³-hybridized carbons (Fsp3) is 0.300. The quantitative estimate of drug-likeness (QED) is 0.609. The van der Waals surface area contributed by atoms with Crippen molar-refractivity contribution in [1.82, 2.24) is 10.9 Å². The molecule has 0 aliphatic carbocycles. The molecule has 1 saturated heterocycles. The monoisotopic (exact) mass is 384 g/mol. The van der Waals surface area contributed by atoms with Gasteiger partial charge >= 0.3 is 0 Å². The third kappa shape index (κ3) is 4.59. The molecule has 148 valence electrons. The first-order chi connectivity index (χ1) is 13.5. The van der Waals surface area contributed by atoms with E-state index in [1.165, 1.54) is 6.92 Å². The average Bonchev–Trinajstić information content (AvgIpc) is 3.18. The Morgan fingerprint density at radius 3 is 2.25 bits per heavy atom. The highest BCUT2D eigenvalue weighted by Crippen LogP contribution is 2.33. The second kappa shape index (κ2) is 8.73. The van der Waals surface area contributed by atoms with Gasteiger partial charge in [-0.2, -0.15) is 0 Å². The lowest BCUT2D eigenvalue weighted by atomic mass is 10.0. The number of amides is 2. The second-order valence-corrected chi connectivity index (χ2v) is 6.49. The van der Waals surface area contributed by atoms with Crippen LogP contribution in [-0.4, -0.2) is 32.1 Å². The zero-order chi connectivity index (χ0) is 20.1. The van der Waals surface area contributed by atoms with Crippen LogP contribution in [0.4, 0.5) is 11.4 Å². The van der Waals surface area contributed by atoms with Crippen molar-refractivity contribution in [2.24, 2.45) is 0 Å². The van der Waals surface area contributed by atoms with Gasteiger partial charge in [0.05, 0.1) is 20.3 Å². The topological polar surface area (TPSA) is 101 Å². The first-order valence-electron chi connectivity index (χ1n) is 8.91. The van der Waals surface area contributed by atoms with E-state index in [4.69, 9.17) is 9.47 Å². The fourth-order valence-electron chi connectivity index (χ4n) is 3.11. The van der Waals surface area contributed by atoms with Crippen LogP contribution in [-0.2, 0) is 9.59 Å². The molecule has 1 heterocycles. The minimum absolute atomic E-state index is 0.0706. The zero-order valence-electron chi connectivity index (χ0n) is 16.0. The van der Waals surface area contributed by atoms with Gasteiger partial charge in [0.1, 0.15) is 17.5 Å². The maximum atomic E-state index is 12.6. The van der Waals surface area contributed by atoms with Gasteiger partial charge in [0.25, 0.3) is 0 Å². The smallest absolute Gasteiger partial charge is 0.242 e. The first kappa shape index (κ1) is 19.7. The highest BCUT2D eigenvalue weighted by Gasteiger charge is 2.31. The molecule has 4 N–H and O–H groups in total. The number of rotatable bonds is 6. The van der Waals surface area contributed by atoms with E-state index in [0.717, 1.165) is 5.56 Å². The number of methoxy groups -OCH3 is 2. The Balaban J connectivity index is 1.62. The molecule has 0 aromatic heterocycles. The van der Waals surface area contributed by atoms with Crippen LogP contribution in [0.2, 0.25) is 0 Å². The lowest BCUT2D eigenvalue weighted by molar-refractivity contribution is -0.118. The molecule has 0 bridgehead atoms. The van der Waals surface area contributed by atoms with Crippen LogP contribution in [0.15, 0.2) is 42.5 Å².